The zero-order valence-corrected chi connectivity index (χ0v) is 19.8. The molecule has 0 aliphatic carbocycles. The molecule has 2 N–H and O–H groups in total. The lowest BCUT2D eigenvalue weighted by Gasteiger charge is -2.41. The van der Waals surface area contributed by atoms with Crippen LogP contribution >= 0.6 is 24.0 Å². The summed E-state index contributed by atoms with van der Waals surface area (Å²) in [6.45, 7) is 15.2. The number of aliphatic imine (C=N–C) groups is 1. The lowest BCUT2D eigenvalue weighted by Crippen LogP contribution is -2.55. The molecule has 2 aliphatic rings. The molecule has 2 saturated heterocycles. The van der Waals surface area contributed by atoms with Crippen molar-refractivity contribution in [1.29, 1.82) is 0 Å². The topological polar surface area (TPSA) is 42.9 Å². The van der Waals surface area contributed by atoms with Crippen molar-refractivity contribution in [2.45, 2.75) is 64.8 Å². The first-order valence-electron chi connectivity index (χ1n) is 10.5. The molecule has 0 aromatic heterocycles. The third-order valence-corrected chi connectivity index (χ3v) is 5.93. The molecule has 0 unspecified atom stereocenters. The smallest absolute Gasteiger partial charge is 0.191 e. The van der Waals surface area contributed by atoms with Crippen LogP contribution < -0.4 is 10.6 Å². The molecule has 0 bridgehead atoms. The second-order valence-electron chi connectivity index (χ2n) is 8.45. The van der Waals surface area contributed by atoms with Crippen LogP contribution in [0.15, 0.2) is 4.99 Å². The van der Waals surface area contributed by atoms with E-state index in [1.54, 1.807) is 0 Å². The molecule has 2 aliphatic heterocycles. The minimum Gasteiger partial charge on any atom is -0.356 e. The summed E-state index contributed by atoms with van der Waals surface area (Å²) in [5, 5.41) is 7.13. The summed E-state index contributed by atoms with van der Waals surface area (Å²) in [7, 11) is 1.88. The van der Waals surface area contributed by atoms with E-state index in [4.69, 9.17) is 0 Å². The molecule has 0 spiro atoms. The molecule has 26 heavy (non-hydrogen) atoms. The third kappa shape index (κ3) is 7.89. The highest BCUT2D eigenvalue weighted by Gasteiger charge is 2.28. The number of hydrogen-bond donors (Lipinski definition) is 2. The Morgan fingerprint density at radius 2 is 1.69 bits per heavy atom. The zero-order valence-electron chi connectivity index (χ0n) is 17.5. The third-order valence-electron chi connectivity index (χ3n) is 5.93. The minimum atomic E-state index is 0. The normalized spacial score (nSPS) is 21.3. The summed E-state index contributed by atoms with van der Waals surface area (Å²) in [5.74, 6) is 1.74. The maximum absolute atomic E-state index is 4.43. The predicted octanol–water partition coefficient (Wildman–Crippen LogP) is 3.16. The Balaban J connectivity index is 0.00000338. The summed E-state index contributed by atoms with van der Waals surface area (Å²) in [6, 6.07) is 0. The second-order valence-corrected chi connectivity index (χ2v) is 8.45. The molecule has 5 nitrogen and oxygen atoms in total. The summed E-state index contributed by atoms with van der Waals surface area (Å²) in [4.78, 5) is 9.66. The van der Waals surface area contributed by atoms with Crippen LogP contribution in [-0.2, 0) is 0 Å². The fourth-order valence-electron chi connectivity index (χ4n) is 4.10. The molecule has 154 valence electrons. The van der Waals surface area contributed by atoms with Crippen LogP contribution in [0.1, 0.15) is 59.3 Å². The Morgan fingerprint density at radius 1 is 1.04 bits per heavy atom. The van der Waals surface area contributed by atoms with Gasteiger partial charge in [0.15, 0.2) is 5.96 Å². The highest BCUT2D eigenvalue weighted by Crippen LogP contribution is 2.20. The van der Waals surface area contributed by atoms with E-state index in [0.29, 0.717) is 0 Å². The molecular formula is C20H42IN5. The number of hydrogen-bond acceptors (Lipinski definition) is 3. The average Bonchev–Trinajstić information content (AvgIpc) is 2.64. The lowest BCUT2D eigenvalue weighted by molar-refractivity contribution is 0.0982. The van der Waals surface area contributed by atoms with Gasteiger partial charge in [-0.05, 0) is 84.6 Å². The molecule has 0 aromatic carbocycles. The molecule has 0 aromatic rings. The van der Waals surface area contributed by atoms with Crippen molar-refractivity contribution in [2.75, 3.05) is 52.9 Å². The number of likely N-dealkylation sites (tertiary alicyclic amines) is 2. The largest absolute Gasteiger partial charge is 0.356 e. The van der Waals surface area contributed by atoms with Crippen LogP contribution in [-0.4, -0.2) is 74.2 Å². The summed E-state index contributed by atoms with van der Waals surface area (Å²) >= 11 is 0. The average molecular weight is 479 g/mol. The Bertz CT molecular complexity index is 399. The van der Waals surface area contributed by atoms with Gasteiger partial charge in [0.05, 0.1) is 0 Å². The minimum absolute atomic E-state index is 0. The molecule has 0 saturated carbocycles. The van der Waals surface area contributed by atoms with Crippen molar-refractivity contribution < 1.29 is 0 Å². The van der Waals surface area contributed by atoms with Gasteiger partial charge in [0.2, 0.25) is 0 Å². The van der Waals surface area contributed by atoms with Gasteiger partial charge in [-0.3, -0.25) is 9.89 Å². The molecule has 2 fully saturated rings. The van der Waals surface area contributed by atoms with Gasteiger partial charge >= 0.3 is 0 Å². The van der Waals surface area contributed by atoms with Gasteiger partial charge in [0.25, 0.3) is 0 Å². The number of nitrogens with one attached hydrogen (secondary N) is 2. The first kappa shape index (κ1) is 24.0. The van der Waals surface area contributed by atoms with Crippen LogP contribution in [0.5, 0.6) is 0 Å². The summed E-state index contributed by atoms with van der Waals surface area (Å²) in [5.41, 5.74) is 0.184. The Kier molecular flexibility index (Phi) is 11.4. The first-order chi connectivity index (χ1) is 12.0. The van der Waals surface area contributed by atoms with E-state index in [9.17, 15) is 0 Å². The maximum Gasteiger partial charge on any atom is 0.191 e. The van der Waals surface area contributed by atoms with Crippen molar-refractivity contribution >= 4 is 29.9 Å². The van der Waals surface area contributed by atoms with Crippen LogP contribution in [0, 0.1) is 5.92 Å². The molecule has 0 atom stereocenters. The van der Waals surface area contributed by atoms with Crippen molar-refractivity contribution in [3.05, 3.63) is 0 Å². The Labute approximate surface area is 178 Å². The quantitative estimate of drug-likeness (QED) is 0.335. The summed E-state index contributed by atoms with van der Waals surface area (Å²) in [6.07, 6.45) is 7.96. The highest BCUT2D eigenvalue weighted by molar-refractivity contribution is 14.0. The monoisotopic (exact) mass is 479 g/mol. The van der Waals surface area contributed by atoms with E-state index in [-0.39, 0.29) is 29.5 Å². The van der Waals surface area contributed by atoms with Gasteiger partial charge < -0.3 is 15.5 Å². The number of nitrogens with zero attached hydrogens (tertiary/aromatic N) is 3. The highest BCUT2D eigenvalue weighted by atomic mass is 127. The molecule has 0 amide bonds. The molecule has 0 radical (unpaired) electrons. The fourth-order valence-corrected chi connectivity index (χ4v) is 4.10. The van der Waals surface area contributed by atoms with Crippen LogP contribution in [0.4, 0.5) is 0 Å². The van der Waals surface area contributed by atoms with E-state index < -0.39 is 0 Å². The van der Waals surface area contributed by atoms with Gasteiger partial charge in [-0.15, -0.1) is 24.0 Å². The van der Waals surface area contributed by atoms with Crippen LogP contribution in [0.3, 0.4) is 0 Å². The Morgan fingerprint density at radius 3 is 2.27 bits per heavy atom. The van der Waals surface area contributed by atoms with Gasteiger partial charge in [-0.1, -0.05) is 13.3 Å². The van der Waals surface area contributed by atoms with E-state index in [1.807, 2.05) is 7.05 Å². The van der Waals surface area contributed by atoms with Gasteiger partial charge in [-0.25, -0.2) is 0 Å². The zero-order chi connectivity index (χ0) is 18.1. The van der Waals surface area contributed by atoms with Crippen LogP contribution in [0.25, 0.3) is 0 Å². The number of rotatable bonds is 7. The fraction of sp³-hybridized carbons (Fsp3) is 0.950. The number of piperidine rings is 2. The number of halogens is 1. The number of guanidine groups is 1. The Hall–Kier alpha value is -0.0800. The van der Waals surface area contributed by atoms with E-state index in [1.165, 1.54) is 71.2 Å². The van der Waals surface area contributed by atoms with Crippen molar-refractivity contribution in [2.24, 2.45) is 10.9 Å². The lowest BCUT2D eigenvalue weighted by atomic mass is 9.96. The molecule has 2 rings (SSSR count). The van der Waals surface area contributed by atoms with Crippen molar-refractivity contribution in [3.8, 4) is 0 Å². The summed E-state index contributed by atoms with van der Waals surface area (Å²) < 4.78 is 0. The van der Waals surface area contributed by atoms with Gasteiger partial charge in [0.1, 0.15) is 0 Å². The predicted molar refractivity (Wildman–Crippen MR) is 124 cm³/mol. The van der Waals surface area contributed by atoms with Gasteiger partial charge in [-0.2, -0.15) is 0 Å². The molecular weight excluding hydrogens is 437 g/mol. The van der Waals surface area contributed by atoms with Crippen molar-refractivity contribution in [3.63, 3.8) is 0 Å². The maximum atomic E-state index is 4.43. The van der Waals surface area contributed by atoms with Gasteiger partial charge in [0, 0.05) is 25.7 Å². The second kappa shape index (κ2) is 12.4. The first-order valence-corrected chi connectivity index (χ1v) is 10.5. The SMILES string of the molecule is CCCN1CCC(CNC(=NC)NCC(C)(C)N2CCCCC2)CC1.I. The molecule has 2 heterocycles. The van der Waals surface area contributed by atoms with E-state index in [2.05, 4.69) is 46.2 Å². The standard InChI is InChI=1S/C20H41N5.HI/c1-5-11-24-14-9-18(10-15-24)16-22-19(21-4)23-17-20(2,3)25-12-7-6-8-13-25;/h18H,5-17H2,1-4H3,(H2,21,22,23);1H. The van der Waals surface area contributed by atoms with Crippen LogP contribution in [0.2, 0.25) is 0 Å². The molecule has 6 heteroatoms. The van der Waals surface area contributed by atoms with Crippen molar-refractivity contribution in [1.82, 2.24) is 20.4 Å². The van der Waals surface area contributed by atoms with E-state index in [0.717, 1.165) is 25.0 Å². The van der Waals surface area contributed by atoms with E-state index >= 15 is 0 Å².